The molecule has 0 bridgehead atoms. The van der Waals surface area contributed by atoms with E-state index in [4.69, 9.17) is 4.74 Å². The van der Waals surface area contributed by atoms with Crippen molar-refractivity contribution in [3.8, 4) is 0 Å². The van der Waals surface area contributed by atoms with Crippen molar-refractivity contribution in [2.45, 2.75) is 20.4 Å². The first-order valence-corrected chi connectivity index (χ1v) is 7.39. The van der Waals surface area contributed by atoms with Crippen molar-refractivity contribution in [3.05, 3.63) is 45.7 Å². The number of ether oxygens (including phenoxy) is 1. The third-order valence-corrected chi connectivity index (χ3v) is 3.52. The lowest BCUT2D eigenvalue weighted by atomic mass is 10.1. The number of benzene rings is 1. The zero-order chi connectivity index (χ0) is 16.3. The van der Waals surface area contributed by atoms with Gasteiger partial charge in [-0.1, -0.05) is 11.6 Å². The summed E-state index contributed by atoms with van der Waals surface area (Å²) in [6, 6.07) is 5.72. The van der Waals surface area contributed by atoms with Gasteiger partial charge in [0.25, 0.3) is 0 Å². The summed E-state index contributed by atoms with van der Waals surface area (Å²) in [5.74, 6) is -0.561. The van der Waals surface area contributed by atoms with E-state index in [1.54, 1.807) is 13.1 Å². The van der Waals surface area contributed by atoms with Crippen LogP contribution in [0.2, 0.25) is 0 Å². The second-order valence-corrected chi connectivity index (χ2v) is 5.61. The molecule has 0 aliphatic carbocycles. The highest BCUT2D eigenvalue weighted by atomic mass is 16.5. The van der Waals surface area contributed by atoms with E-state index >= 15 is 0 Å². The Morgan fingerprint density at radius 1 is 1.32 bits per heavy atom. The predicted molar refractivity (Wildman–Crippen MR) is 87.5 cm³/mol. The van der Waals surface area contributed by atoms with Crippen LogP contribution in [0.3, 0.4) is 0 Å². The zero-order valence-corrected chi connectivity index (χ0v) is 13.5. The number of rotatable bonds is 5. The van der Waals surface area contributed by atoms with E-state index in [0.717, 1.165) is 17.6 Å². The number of fused-ring (bicyclic) bond motifs is 1. The van der Waals surface area contributed by atoms with E-state index in [2.05, 4.69) is 4.90 Å². The summed E-state index contributed by atoms with van der Waals surface area (Å²) in [6.07, 6.45) is 1.61. The van der Waals surface area contributed by atoms with Gasteiger partial charge in [-0.2, -0.15) is 0 Å². The molecule has 0 radical (unpaired) electrons. The number of hydrogen-bond donors (Lipinski definition) is 0. The molecule has 0 atom stereocenters. The molecule has 2 aromatic rings. The highest BCUT2D eigenvalue weighted by Crippen LogP contribution is 2.15. The first-order valence-electron chi connectivity index (χ1n) is 7.39. The fraction of sp³-hybridized carbons (Fsp3) is 0.412. The summed E-state index contributed by atoms with van der Waals surface area (Å²) >= 11 is 0. The fourth-order valence-electron chi connectivity index (χ4n) is 2.36. The Morgan fingerprint density at radius 2 is 2.05 bits per heavy atom. The number of pyridine rings is 1. The lowest BCUT2D eigenvalue weighted by molar-refractivity contribution is 0.0524. The second kappa shape index (κ2) is 6.75. The predicted octanol–water partition coefficient (Wildman–Crippen LogP) is 2.05. The molecule has 2 rings (SSSR count). The van der Waals surface area contributed by atoms with Crippen molar-refractivity contribution in [2.24, 2.45) is 0 Å². The normalized spacial score (nSPS) is 11.1. The Morgan fingerprint density at radius 3 is 2.68 bits per heavy atom. The molecule has 0 amide bonds. The molecule has 5 heteroatoms. The quantitative estimate of drug-likeness (QED) is 0.793. The SMILES string of the molecule is CCOC(=O)c1cn(CCN(C)C)c2ccc(C)cc2c1=O. The maximum atomic E-state index is 12.6. The molecular formula is C17H22N2O3. The minimum Gasteiger partial charge on any atom is -0.462 e. The number of aromatic nitrogens is 1. The van der Waals surface area contributed by atoms with Crippen LogP contribution in [0.25, 0.3) is 10.9 Å². The summed E-state index contributed by atoms with van der Waals surface area (Å²) < 4.78 is 6.95. The lowest BCUT2D eigenvalue weighted by Crippen LogP contribution is -2.24. The van der Waals surface area contributed by atoms with Crippen LogP contribution in [-0.4, -0.2) is 42.7 Å². The molecule has 0 spiro atoms. The van der Waals surface area contributed by atoms with Crippen molar-refractivity contribution in [1.82, 2.24) is 9.47 Å². The third-order valence-electron chi connectivity index (χ3n) is 3.52. The van der Waals surface area contributed by atoms with Crippen LogP contribution in [0, 0.1) is 6.92 Å². The third kappa shape index (κ3) is 3.36. The van der Waals surface area contributed by atoms with Crippen LogP contribution in [0.4, 0.5) is 0 Å². The first-order chi connectivity index (χ1) is 10.4. The molecule has 0 aliphatic rings. The van der Waals surface area contributed by atoms with E-state index < -0.39 is 5.97 Å². The maximum absolute atomic E-state index is 12.6. The number of likely N-dealkylation sites (N-methyl/N-ethyl adjacent to an activating group) is 1. The summed E-state index contributed by atoms with van der Waals surface area (Å²) in [4.78, 5) is 26.7. The van der Waals surface area contributed by atoms with Crippen molar-refractivity contribution in [2.75, 3.05) is 27.2 Å². The monoisotopic (exact) mass is 302 g/mol. The molecular weight excluding hydrogens is 280 g/mol. The molecule has 0 fully saturated rings. The van der Waals surface area contributed by atoms with E-state index in [1.807, 2.05) is 43.8 Å². The summed E-state index contributed by atoms with van der Waals surface area (Å²) in [5, 5.41) is 0.560. The molecule has 1 aromatic carbocycles. The van der Waals surface area contributed by atoms with E-state index in [-0.39, 0.29) is 17.6 Å². The van der Waals surface area contributed by atoms with Gasteiger partial charge in [0.1, 0.15) is 5.56 Å². The number of nitrogens with zero attached hydrogens (tertiary/aromatic N) is 2. The van der Waals surface area contributed by atoms with Crippen LogP contribution in [0.15, 0.2) is 29.2 Å². The Bertz CT molecular complexity index is 747. The van der Waals surface area contributed by atoms with Gasteiger partial charge < -0.3 is 14.2 Å². The molecule has 0 unspecified atom stereocenters. The average Bonchev–Trinajstić information content (AvgIpc) is 2.47. The van der Waals surface area contributed by atoms with E-state index in [9.17, 15) is 9.59 Å². The minimum absolute atomic E-state index is 0.0960. The van der Waals surface area contributed by atoms with Gasteiger partial charge in [0.2, 0.25) is 5.43 Å². The molecule has 22 heavy (non-hydrogen) atoms. The summed E-state index contributed by atoms with van der Waals surface area (Å²) in [7, 11) is 3.97. The van der Waals surface area contributed by atoms with Crippen molar-refractivity contribution >= 4 is 16.9 Å². The molecule has 5 nitrogen and oxygen atoms in total. The van der Waals surface area contributed by atoms with Crippen LogP contribution in [0.1, 0.15) is 22.8 Å². The molecule has 0 aliphatic heterocycles. The van der Waals surface area contributed by atoms with Gasteiger partial charge in [0.05, 0.1) is 12.1 Å². The summed E-state index contributed by atoms with van der Waals surface area (Å²) in [5.41, 5.74) is 1.66. The molecule has 1 heterocycles. The van der Waals surface area contributed by atoms with Crippen LogP contribution >= 0.6 is 0 Å². The van der Waals surface area contributed by atoms with Crippen molar-refractivity contribution < 1.29 is 9.53 Å². The lowest BCUT2D eigenvalue weighted by Gasteiger charge is -2.16. The van der Waals surface area contributed by atoms with Gasteiger partial charge >= 0.3 is 5.97 Å². The van der Waals surface area contributed by atoms with Crippen LogP contribution < -0.4 is 5.43 Å². The van der Waals surface area contributed by atoms with Gasteiger partial charge in [0.15, 0.2) is 0 Å². The molecule has 1 aromatic heterocycles. The summed E-state index contributed by atoms with van der Waals surface area (Å²) in [6.45, 7) is 5.42. The van der Waals surface area contributed by atoms with Crippen LogP contribution in [0.5, 0.6) is 0 Å². The van der Waals surface area contributed by atoms with Gasteiger partial charge in [-0.3, -0.25) is 4.79 Å². The highest BCUT2D eigenvalue weighted by molar-refractivity contribution is 5.93. The number of aryl methyl sites for hydroxylation is 1. The van der Waals surface area contributed by atoms with E-state index in [1.165, 1.54) is 0 Å². The first kappa shape index (κ1) is 16.2. The second-order valence-electron chi connectivity index (χ2n) is 5.61. The number of carbonyl (C=O) groups is 1. The van der Waals surface area contributed by atoms with E-state index in [0.29, 0.717) is 11.9 Å². The fourth-order valence-corrected chi connectivity index (χ4v) is 2.36. The van der Waals surface area contributed by atoms with Gasteiger partial charge in [-0.15, -0.1) is 0 Å². The highest BCUT2D eigenvalue weighted by Gasteiger charge is 2.16. The van der Waals surface area contributed by atoms with Gasteiger partial charge in [-0.25, -0.2) is 4.79 Å². The van der Waals surface area contributed by atoms with Crippen molar-refractivity contribution in [1.29, 1.82) is 0 Å². The Hall–Kier alpha value is -2.14. The molecule has 0 saturated heterocycles. The standard InChI is InChI=1S/C17H22N2O3/c1-5-22-17(21)14-11-19(9-8-18(3)4)15-7-6-12(2)10-13(15)16(14)20/h6-7,10-11H,5,8-9H2,1-4H3. The van der Waals surface area contributed by atoms with Crippen LogP contribution in [-0.2, 0) is 11.3 Å². The smallest absolute Gasteiger partial charge is 0.343 e. The molecule has 0 saturated carbocycles. The Kier molecular flexibility index (Phi) is 4.98. The Labute approximate surface area is 130 Å². The van der Waals surface area contributed by atoms with Crippen molar-refractivity contribution in [3.63, 3.8) is 0 Å². The van der Waals surface area contributed by atoms with Gasteiger partial charge in [0, 0.05) is 24.7 Å². The minimum atomic E-state index is -0.561. The number of carbonyl (C=O) groups excluding carboxylic acids is 1. The average molecular weight is 302 g/mol. The molecule has 0 N–H and O–H groups in total. The number of hydrogen-bond acceptors (Lipinski definition) is 4. The molecule has 118 valence electrons. The zero-order valence-electron chi connectivity index (χ0n) is 13.5. The largest absolute Gasteiger partial charge is 0.462 e. The number of esters is 1. The maximum Gasteiger partial charge on any atom is 0.343 e. The Balaban J connectivity index is 2.63. The topological polar surface area (TPSA) is 51.5 Å². The van der Waals surface area contributed by atoms with Gasteiger partial charge in [-0.05, 0) is 40.1 Å².